The molecule has 0 spiro atoms. The maximum Gasteiger partial charge on any atom is 0.410 e. The number of likely N-dealkylation sites (tertiary alicyclic amines) is 1. The van der Waals surface area contributed by atoms with Crippen molar-refractivity contribution in [3.05, 3.63) is 35.9 Å². The molecular formula is C17H25NO4S. The normalized spacial score (nSPS) is 17.1. The van der Waals surface area contributed by atoms with Crippen molar-refractivity contribution in [1.29, 1.82) is 0 Å². The molecule has 0 bridgehead atoms. The van der Waals surface area contributed by atoms with E-state index in [2.05, 4.69) is 0 Å². The predicted octanol–water partition coefficient (Wildman–Crippen LogP) is 3.00. The van der Waals surface area contributed by atoms with E-state index in [1.807, 2.05) is 51.1 Å². The summed E-state index contributed by atoms with van der Waals surface area (Å²) in [5.74, 6) is 0.0605. The summed E-state index contributed by atoms with van der Waals surface area (Å²) in [6.07, 6.45) is 0.569. The first-order chi connectivity index (χ1) is 10.7. The summed E-state index contributed by atoms with van der Waals surface area (Å²) in [5.41, 5.74) is 0.273. The zero-order valence-electron chi connectivity index (χ0n) is 14.0. The molecule has 6 heteroatoms. The van der Waals surface area contributed by atoms with Crippen molar-refractivity contribution in [2.45, 2.75) is 50.2 Å². The number of carbonyl (C=O) groups is 1. The second-order valence-electron chi connectivity index (χ2n) is 6.96. The van der Waals surface area contributed by atoms with E-state index in [4.69, 9.17) is 4.74 Å². The van der Waals surface area contributed by atoms with Gasteiger partial charge in [0, 0.05) is 13.1 Å². The molecule has 5 nitrogen and oxygen atoms in total. The smallest absolute Gasteiger partial charge is 0.410 e. The Morgan fingerprint density at radius 2 is 1.74 bits per heavy atom. The van der Waals surface area contributed by atoms with Crippen LogP contribution in [0.4, 0.5) is 4.79 Å². The Kier molecular flexibility index (Phi) is 5.34. The second kappa shape index (κ2) is 6.91. The number of sulfone groups is 1. The second-order valence-corrected chi connectivity index (χ2v) is 9.24. The average molecular weight is 339 g/mol. The van der Waals surface area contributed by atoms with Crippen LogP contribution in [0.1, 0.15) is 39.2 Å². The summed E-state index contributed by atoms with van der Waals surface area (Å²) in [6, 6.07) is 9.21. The van der Waals surface area contributed by atoms with Crippen LogP contribution < -0.4 is 0 Å². The van der Waals surface area contributed by atoms with E-state index in [0.29, 0.717) is 25.9 Å². The van der Waals surface area contributed by atoms with Crippen LogP contribution in [0, 0.1) is 0 Å². The van der Waals surface area contributed by atoms with Crippen LogP contribution >= 0.6 is 0 Å². The molecule has 1 saturated heterocycles. The molecule has 0 N–H and O–H groups in total. The standard InChI is InChI=1S/C17H25NO4S/c1-17(2,3)22-16(19)18-11-9-15(10-12-18)23(20,21)13-14-7-5-4-6-8-14/h4-8,15H,9-13H2,1-3H3. The van der Waals surface area contributed by atoms with Crippen molar-refractivity contribution < 1.29 is 17.9 Å². The van der Waals surface area contributed by atoms with Crippen molar-refractivity contribution in [3.8, 4) is 0 Å². The molecule has 0 unspecified atom stereocenters. The van der Waals surface area contributed by atoms with Gasteiger partial charge in [-0.1, -0.05) is 30.3 Å². The van der Waals surface area contributed by atoms with Gasteiger partial charge < -0.3 is 9.64 Å². The van der Waals surface area contributed by atoms with Crippen LogP contribution in [0.5, 0.6) is 0 Å². The van der Waals surface area contributed by atoms with Crippen molar-refractivity contribution in [2.24, 2.45) is 0 Å². The fraction of sp³-hybridized carbons (Fsp3) is 0.588. The zero-order chi connectivity index (χ0) is 17.1. The number of rotatable bonds is 3. The summed E-state index contributed by atoms with van der Waals surface area (Å²) in [4.78, 5) is 13.6. The molecule has 2 rings (SSSR count). The first kappa shape index (κ1) is 17.8. The lowest BCUT2D eigenvalue weighted by molar-refractivity contribution is 0.0217. The Morgan fingerprint density at radius 3 is 2.26 bits per heavy atom. The van der Waals surface area contributed by atoms with Crippen molar-refractivity contribution >= 4 is 15.9 Å². The molecule has 0 atom stereocenters. The Balaban J connectivity index is 1.92. The Morgan fingerprint density at radius 1 is 1.17 bits per heavy atom. The summed E-state index contributed by atoms with van der Waals surface area (Å²) >= 11 is 0. The van der Waals surface area contributed by atoms with Crippen LogP contribution in [0.25, 0.3) is 0 Å². The minimum absolute atomic E-state index is 0.0605. The van der Waals surface area contributed by atoms with Crippen LogP contribution in [0.15, 0.2) is 30.3 Å². The quantitative estimate of drug-likeness (QED) is 0.849. The SMILES string of the molecule is CC(C)(C)OC(=O)N1CCC(S(=O)(=O)Cc2ccccc2)CC1. The maximum absolute atomic E-state index is 12.5. The predicted molar refractivity (Wildman–Crippen MR) is 89.9 cm³/mol. The Labute approximate surface area is 138 Å². The highest BCUT2D eigenvalue weighted by Crippen LogP contribution is 2.23. The van der Waals surface area contributed by atoms with E-state index in [1.54, 1.807) is 4.90 Å². The number of hydrogen-bond acceptors (Lipinski definition) is 4. The number of carbonyl (C=O) groups excluding carboxylic acids is 1. The zero-order valence-corrected chi connectivity index (χ0v) is 14.8. The molecule has 1 aliphatic rings. The minimum Gasteiger partial charge on any atom is -0.444 e. The highest BCUT2D eigenvalue weighted by atomic mass is 32.2. The first-order valence-corrected chi connectivity index (χ1v) is 9.62. The first-order valence-electron chi connectivity index (χ1n) is 7.91. The van der Waals surface area contributed by atoms with Crippen LogP contribution in [-0.2, 0) is 20.3 Å². The summed E-state index contributed by atoms with van der Waals surface area (Å²) in [7, 11) is -3.20. The third-order valence-corrected chi connectivity index (χ3v) is 6.04. The molecule has 1 amide bonds. The molecule has 1 aromatic rings. The lowest BCUT2D eigenvalue weighted by Crippen LogP contribution is -2.44. The summed E-state index contributed by atoms with van der Waals surface area (Å²) in [6.45, 7) is 6.31. The van der Waals surface area contributed by atoms with Gasteiger partial charge in [-0.2, -0.15) is 0 Å². The van der Waals surface area contributed by atoms with Gasteiger partial charge in [-0.25, -0.2) is 13.2 Å². The Bertz CT molecular complexity index is 626. The van der Waals surface area contributed by atoms with Gasteiger partial charge >= 0.3 is 6.09 Å². The van der Waals surface area contributed by atoms with E-state index in [0.717, 1.165) is 5.56 Å². The molecule has 0 aromatic heterocycles. The number of nitrogens with zero attached hydrogens (tertiary/aromatic N) is 1. The number of ether oxygens (including phenoxy) is 1. The highest BCUT2D eigenvalue weighted by Gasteiger charge is 2.33. The van der Waals surface area contributed by atoms with Crippen LogP contribution in [0.3, 0.4) is 0 Å². The molecule has 0 aliphatic carbocycles. The Hall–Kier alpha value is -1.56. The minimum atomic E-state index is -3.20. The lowest BCUT2D eigenvalue weighted by atomic mass is 10.1. The van der Waals surface area contributed by atoms with Gasteiger partial charge in [-0.15, -0.1) is 0 Å². The van der Waals surface area contributed by atoms with Gasteiger partial charge in [0.05, 0.1) is 11.0 Å². The summed E-state index contributed by atoms with van der Waals surface area (Å²) < 4.78 is 30.4. The number of benzene rings is 1. The average Bonchev–Trinajstić information content (AvgIpc) is 2.46. The molecule has 0 saturated carbocycles. The van der Waals surface area contributed by atoms with Crippen LogP contribution in [-0.4, -0.2) is 43.4 Å². The molecule has 1 heterocycles. The van der Waals surface area contributed by atoms with E-state index in [-0.39, 0.29) is 17.1 Å². The van der Waals surface area contributed by atoms with Crippen LogP contribution in [0.2, 0.25) is 0 Å². The van der Waals surface area contributed by atoms with E-state index in [9.17, 15) is 13.2 Å². The third-order valence-electron chi connectivity index (χ3n) is 3.81. The molecule has 1 fully saturated rings. The largest absolute Gasteiger partial charge is 0.444 e. The van der Waals surface area contributed by atoms with Gasteiger partial charge in [0.15, 0.2) is 9.84 Å². The fourth-order valence-electron chi connectivity index (χ4n) is 2.65. The molecule has 0 radical (unpaired) electrons. The number of piperidine rings is 1. The maximum atomic E-state index is 12.5. The molecule has 1 aliphatic heterocycles. The topological polar surface area (TPSA) is 63.7 Å². The van der Waals surface area contributed by atoms with Gasteiger partial charge in [-0.05, 0) is 39.2 Å². The highest BCUT2D eigenvalue weighted by molar-refractivity contribution is 7.91. The van der Waals surface area contributed by atoms with Gasteiger partial charge in [0.25, 0.3) is 0 Å². The van der Waals surface area contributed by atoms with Crippen molar-refractivity contribution in [1.82, 2.24) is 4.90 Å². The number of amides is 1. The van der Waals surface area contributed by atoms with E-state index in [1.165, 1.54) is 0 Å². The van der Waals surface area contributed by atoms with Gasteiger partial charge in [-0.3, -0.25) is 0 Å². The molecule has 128 valence electrons. The molecule has 23 heavy (non-hydrogen) atoms. The number of hydrogen-bond donors (Lipinski definition) is 0. The van der Waals surface area contributed by atoms with E-state index < -0.39 is 15.4 Å². The van der Waals surface area contributed by atoms with Crippen molar-refractivity contribution in [3.63, 3.8) is 0 Å². The third kappa shape index (κ3) is 5.23. The van der Waals surface area contributed by atoms with Gasteiger partial charge in [0.2, 0.25) is 0 Å². The van der Waals surface area contributed by atoms with Gasteiger partial charge in [0.1, 0.15) is 5.60 Å². The monoisotopic (exact) mass is 339 g/mol. The van der Waals surface area contributed by atoms with E-state index >= 15 is 0 Å². The lowest BCUT2D eigenvalue weighted by Gasteiger charge is -2.33. The summed E-state index contributed by atoms with van der Waals surface area (Å²) in [5, 5.41) is -0.388. The molecular weight excluding hydrogens is 314 g/mol. The fourth-order valence-corrected chi connectivity index (χ4v) is 4.47. The molecule has 1 aromatic carbocycles. The van der Waals surface area contributed by atoms with Crippen molar-refractivity contribution in [2.75, 3.05) is 13.1 Å².